The molecule has 21 heavy (non-hydrogen) atoms. The smallest absolute Gasteiger partial charge is 0.208 e. The highest BCUT2D eigenvalue weighted by molar-refractivity contribution is 7.15. The molecular weight excluding hydrogens is 289 g/mol. The van der Waals surface area contributed by atoms with Crippen molar-refractivity contribution in [1.29, 1.82) is 0 Å². The highest BCUT2D eigenvalue weighted by Gasteiger charge is 2.26. The van der Waals surface area contributed by atoms with Gasteiger partial charge in [0.1, 0.15) is 10.8 Å². The predicted octanol–water partition coefficient (Wildman–Crippen LogP) is 2.48. The van der Waals surface area contributed by atoms with Gasteiger partial charge in [-0.2, -0.15) is 0 Å². The van der Waals surface area contributed by atoms with Gasteiger partial charge in [-0.05, 0) is 24.0 Å². The van der Waals surface area contributed by atoms with Gasteiger partial charge >= 0.3 is 0 Å². The quantitative estimate of drug-likeness (QED) is 0.946. The van der Waals surface area contributed by atoms with Crippen LogP contribution in [-0.4, -0.2) is 34.5 Å². The predicted molar refractivity (Wildman–Crippen MR) is 81.1 cm³/mol. The van der Waals surface area contributed by atoms with Gasteiger partial charge in [0.05, 0.1) is 6.10 Å². The number of hydrogen-bond acceptors (Lipinski definition) is 5. The third-order valence-corrected chi connectivity index (χ3v) is 4.93. The molecule has 0 saturated carbocycles. The van der Waals surface area contributed by atoms with E-state index >= 15 is 0 Å². The van der Waals surface area contributed by atoms with Crippen LogP contribution in [0.3, 0.4) is 0 Å². The van der Waals surface area contributed by atoms with E-state index in [1.165, 1.54) is 17.4 Å². The van der Waals surface area contributed by atoms with Crippen LogP contribution < -0.4 is 4.90 Å². The fourth-order valence-electron chi connectivity index (χ4n) is 2.47. The normalized spacial score (nSPS) is 22.5. The first-order valence-corrected chi connectivity index (χ1v) is 7.94. The zero-order chi connectivity index (χ0) is 14.8. The van der Waals surface area contributed by atoms with Gasteiger partial charge in [-0.1, -0.05) is 36.5 Å². The van der Waals surface area contributed by atoms with Crippen molar-refractivity contribution in [2.45, 2.75) is 25.9 Å². The monoisotopic (exact) mass is 307 g/mol. The lowest BCUT2D eigenvalue weighted by Crippen LogP contribution is -2.42. The number of piperidine rings is 1. The Morgan fingerprint density at radius 1 is 1.38 bits per heavy atom. The summed E-state index contributed by atoms with van der Waals surface area (Å²) in [4.78, 5) is 2.06. The molecular formula is C15H18FN3OS. The first-order chi connectivity index (χ1) is 10.1. The number of aliphatic hydroxyl groups excluding tert-OH is 1. The van der Waals surface area contributed by atoms with Crippen LogP contribution in [0.2, 0.25) is 0 Å². The summed E-state index contributed by atoms with van der Waals surface area (Å²) in [7, 11) is 0. The molecule has 0 aliphatic carbocycles. The molecule has 0 radical (unpaired) electrons. The molecule has 1 aliphatic rings. The molecule has 4 nitrogen and oxygen atoms in total. The van der Waals surface area contributed by atoms with Crippen molar-refractivity contribution in [3.05, 3.63) is 40.7 Å². The van der Waals surface area contributed by atoms with E-state index in [2.05, 4.69) is 22.0 Å². The summed E-state index contributed by atoms with van der Waals surface area (Å²) in [5, 5.41) is 19.9. The lowest BCUT2D eigenvalue weighted by atomic mass is 9.96. The molecule has 1 aromatic carbocycles. The third kappa shape index (κ3) is 3.22. The number of β-amino-alcohol motifs (C(OH)–C–C–N with tert-alkyl or cyclic N) is 1. The van der Waals surface area contributed by atoms with Crippen LogP contribution in [0.4, 0.5) is 9.52 Å². The maximum absolute atomic E-state index is 13.6. The maximum Gasteiger partial charge on any atom is 0.208 e. The topological polar surface area (TPSA) is 49.2 Å². The van der Waals surface area contributed by atoms with E-state index in [0.29, 0.717) is 24.4 Å². The number of halogens is 1. The fraction of sp³-hybridized carbons (Fsp3) is 0.467. The molecule has 0 bridgehead atoms. The fourth-order valence-corrected chi connectivity index (χ4v) is 3.37. The number of rotatable bonds is 3. The van der Waals surface area contributed by atoms with Crippen molar-refractivity contribution in [2.24, 2.45) is 5.92 Å². The summed E-state index contributed by atoms with van der Waals surface area (Å²) in [5.74, 6) is 0.114. The Kier molecular flexibility index (Phi) is 4.17. The zero-order valence-corrected chi connectivity index (χ0v) is 12.7. The Labute approximate surface area is 127 Å². The van der Waals surface area contributed by atoms with Crippen molar-refractivity contribution in [3.63, 3.8) is 0 Å². The van der Waals surface area contributed by atoms with Gasteiger partial charge in [0.2, 0.25) is 5.13 Å². The first kappa shape index (κ1) is 14.4. The van der Waals surface area contributed by atoms with E-state index in [4.69, 9.17) is 0 Å². The minimum atomic E-state index is -0.322. The van der Waals surface area contributed by atoms with Crippen molar-refractivity contribution in [1.82, 2.24) is 10.2 Å². The molecule has 1 aliphatic heterocycles. The second-order valence-electron chi connectivity index (χ2n) is 5.53. The number of benzene rings is 1. The standard InChI is InChI=1S/C15H18FN3OS/c1-10-6-7-19(9-13(10)20)15-18-17-14(21-15)8-11-4-2-3-5-12(11)16/h2-5,10,13,20H,6-9H2,1H3. The van der Waals surface area contributed by atoms with Gasteiger partial charge in [0.15, 0.2) is 0 Å². The van der Waals surface area contributed by atoms with E-state index in [9.17, 15) is 9.50 Å². The molecule has 1 N–H and O–H groups in total. The first-order valence-electron chi connectivity index (χ1n) is 7.12. The van der Waals surface area contributed by atoms with E-state index in [0.717, 1.165) is 23.1 Å². The van der Waals surface area contributed by atoms with Gasteiger partial charge < -0.3 is 10.0 Å². The second kappa shape index (κ2) is 6.07. The van der Waals surface area contributed by atoms with Gasteiger partial charge in [-0.3, -0.25) is 0 Å². The third-order valence-electron chi connectivity index (χ3n) is 3.94. The average Bonchev–Trinajstić information content (AvgIpc) is 2.93. The van der Waals surface area contributed by atoms with E-state index in [1.807, 2.05) is 6.07 Å². The zero-order valence-electron chi connectivity index (χ0n) is 11.9. The van der Waals surface area contributed by atoms with Crippen molar-refractivity contribution in [2.75, 3.05) is 18.0 Å². The molecule has 1 fully saturated rings. The molecule has 0 amide bonds. The summed E-state index contributed by atoms with van der Waals surface area (Å²) in [6, 6.07) is 6.73. The Morgan fingerprint density at radius 3 is 2.95 bits per heavy atom. The van der Waals surface area contributed by atoms with Crippen molar-refractivity contribution in [3.8, 4) is 0 Å². The highest BCUT2D eigenvalue weighted by Crippen LogP contribution is 2.27. The largest absolute Gasteiger partial charge is 0.391 e. The number of nitrogens with zero attached hydrogens (tertiary/aromatic N) is 3. The van der Waals surface area contributed by atoms with Crippen LogP contribution >= 0.6 is 11.3 Å². The van der Waals surface area contributed by atoms with Crippen molar-refractivity contribution >= 4 is 16.5 Å². The molecule has 2 unspecified atom stereocenters. The second-order valence-corrected chi connectivity index (χ2v) is 6.57. The van der Waals surface area contributed by atoms with Crippen LogP contribution in [0.5, 0.6) is 0 Å². The van der Waals surface area contributed by atoms with E-state index in [-0.39, 0.29) is 11.9 Å². The Hall–Kier alpha value is -1.53. The molecule has 0 spiro atoms. The Morgan fingerprint density at radius 2 is 2.19 bits per heavy atom. The van der Waals surface area contributed by atoms with E-state index < -0.39 is 0 Å². The molecule has 1 saturated heterocycles. The van der Waals surface area contributed by atoms with Crippen LogP contribution in [0.25, 0.3) is 0 Å². The SMILES string of the molecule is CC1CCN(c2nnc(Cc3ccccc3F)s2)CC1O. The summed E-state index contributed by atoms with van der Waals surface area (Å²) in [6.07, 6.45) is 1.08. The number of aliphatic hydroxyl groups is 1. The lowest BCUT2D eigenvalue weighted by molar-refractivity contribution is 0.103. The minimum Gasteiger partial charge on any atom is -0.391 e. The Balaban J connectivity index is 1.71. The maximum atomic E-state index is 13.6. The molecule has 2 atom stereocenters. The van der Waals surface area contributed by atoms with Crippen LogP contribution in [-0.2, 0) is 6.42 Å². The lowest BCUT2D eigenvalue weighted by Gasteiger charge is -2.33. The molecule has 112 valence electrons. The molecule has 6 heteroatoms. The van der Waals surface area contributed by atoms with Crippen LogP contribution in [0, 0.1) is 11.7 Å². The number of anilines is 1. The summed E-state index contributed by atoms with van der Waals surface area (Å²) in [5.41, 5.74) is 0.632. The van der Waals surface area contributed by atoms with E-state index in [1.54, 1.807) is 12.1 Å². The Bertz CT molecular complexity index is 618. The average molecular weight is 307 g/mol. The summed E-state index contributed by atoms with van der Waals surface area (Å²) < 4.78 is 13.6. The summed E-state index contributed by atoms with van der Waals surface area (Å²) >= 11 is 1.47. The molecule has 2 heterocycles. The van der Waals surface area contributed by atoms with Crippen molar-refractivity contribution < 1.29 is 9.50 Å². The van der Waals surface area contributed by atoms with Gasteiger partial charge in [-0.25, -0.2) is 4.39 Å². The van der Waals surface area contributed by atoms with Gasteiger partial charge in [0.25, 0.3) is 0 Å². The number of aromatic nitrogens is 2. The molecule has 3 rings (SSSR count). The minimum absolute atomic E-state index is 0.212. The number of hydrogen-bond donors (Lipinski definition) is 1. The highest BCUT2D eigenvalue weighted by atomic mass is 32.1. The van der Waals surface area contributed by atoms with Gasteiger partial charge in [0, 0.05) is 19.5 Å². The molecule has 1 aromatic heterocycles. The van der Waals surface area contributed by atoms with Gasteiger partial charge in [-0.15, -0.1) is 10.2 Å². The van der Waals surface area contributed by atoms with Crippen LogP contribution in [0.1, 0.15) is 23.9 Å². The van der Waals surface area contributed by atoms with Crippen LogP contribution in [0.15, 0.2) is 24.3 Å². The summed E-state index contributed by atoms with van der Waals surface area (Å²) in [6.45, 7) is 3.54. The molecule has 2 aromatic rings.